The Balaban J connectivity index is 1.99. The summed E-state index contributed by atoms with van der Waals surface area (Å²) in [4.78, 5) is 12.2. The Bertz CT molecular complexity index is 1050. The second-order valence-corrected chi connectivity index (χ2v) is 9.16. The van der Waals surface area contributed by atoms with Crippen LogP contribution in [0.25, 0.3) is 5.69 Å². The van der Waals surface area contributed by atoms with Crippen molar-refractivity contribution in [3.63, 3.8) is 0 Å². The van der Waals surface area contributed by atoms with Crippen LogP contribution in [0.4, 0.5) is 0 Å². The molecular weight excluding hydrogens is 439 g/mol. The summed E-state index contributed by atoms with van der Waals surface area (Å²) in [5, 5.41) is 13.5. The van der Waals surface area contributed by atoms with Crippen LogP contribution in [-0.2, 0) is 10.5 Å². The molecule has 1 heterocycles. The Kier molecular flexibility index (Phi) is 7.45. The lowest BCUT2D eigenvalue weighted by molar-refractivity contribution is -0.124. The molecule has 5 nitrogen and oxygen atoms in total. The third-order valence-corrected chi connectivity index (χ3v) is 6.21. The maximum Gasteiger partial charge on any atom is 0.223 e. The lowest BCUT2D eigenvalue weighted by atomic mass is 10.1. The first-order chi connectivity index (χ1) is 14.3. The number of benzene rings is 2. The fourth-order valence-corrected chi connectivity index (χ4v) is 4.42. The Morgan fingerprint density at radius 3 is 2.53 bits per heavy atom. The molecule has 158 valence electrons. The molecule has 3 rings (SSSR count). The fraction of sp³-hybridized carbons (Fsp3) is 0.318. The monoisotopic (exact) mass is 462 g/mol. The summed E-state index contributed by atoms with van der Waals surface area (Å²) in [6.45, 7) is 7.69. The maximum absolute atomic E-state index is 12.2. The number of aromatic nitrogens is 3. The van der Waals surface area contributed by atoms with Crippen molar-refractivity contribution >= 4 is 40.9 Å². The van der Waals surface area contributed by atoms with Gasteiger partial charge in [0.1, 0.15) is 0 Å². The number of thioether (sulfide) groups is 1. The maximum atomic E-state index is 12.2. The summed E-state index contributed by atoms with van der Waals surface area (Å²) in [5.41, 5.74) is 3.17. The highest BCUT2D eigenvalue weighted by Gasteiger charge is 2.23. The lowest BCUT2D eigenvalue weighted by Gasteiger charge is -2.18. The molecule has 2 aromatic carbocycles. The summed E-state index contributed by atoms with van der Waals surface area (Å²) >= 11 is 14.2. The van der Waals surface area contributed by atoms with Crippen LogP contribution in [0.3, 0.4) is 0 Å². The van der Waals surface area contributed by atoms with Crippen LogP contribution in [0.15, 0.2) is 47.6 Å². The molecule has 30 heavy (non-hydrogen) atoms. The first kappa shape index (κ1) is 22.7. The van der Waals surface area contributed by atoms with Crippen LogP contribution in [0, 0.1) is 12.8 Å². The van der Waals surface area contributed by atoms with Crippen LogP contribution in [-0.4, -0.2) is 20.7 Å². The van der Waals surface area contributed by atoms with E-state index in [1.54, 1.807) is 23.9 Å². The highest BCUT2D eigenvalue weighted by Crippen LogP contribution is 2.32. The fourth-order valence-electron chi connectivity index (χ4n) is 2.90. The molecule has 0 spiro atoms. The predicted molar refractivity (Wildman–Crippen MR) is 124 cm³/mol. The molecule has 1 amide bonds. The first-order valence-corrected chi connectivity index (χ1v) is 11.4. The minimum atomic E-state index is -0.341. The third-order valence-electron chi connectivity index (χ3n) is 4.70. The molecule has 0 aliphatic heterocycles. The zero-order chi connectivity index (χ0) is 21.8. The standard InChI is InChI=1S/C22H24Cl2N4OS/c1-13(2)21(29)25-15(4)20-26-27-22(30-12-16-8-6-5-7-14(16)3)28(20)19-10-9-17(23)11-18(19)24/h5-11,13,15H,12H2,1-4H3,(H,25,29). The largest absolute Gasteiger partial charge is 0.346 e. The van der Waals surface area contributed by atoms with Crippen molar-refractivity contribution < 1.29 is 4.79 Å². The molecule has 0 aliphatic rings. The predicted octanol–water partition coefficient (Wildman–Crippen LogP) is 6.01. The van der Waals surface area contributed by atoms with Gasteiger partial charge >= 0.3 is 0 Å². The minimum Gasteiger partial charge on any atom is -0.346 e. The van der Waals surface area contributed by atoms with Gasteiger partial charge in [-0.15, -0.1) is 10.2 Å². The number of nitrogens with one attached hydrogen (secondary N) is 1. The van der Waals surface area contributed by atoms with Gasteiger partial charge in [0.2, 0.25) is 5.91 Å². The van der Waals surface area contributed by atoms with E-state index >= 15 is 0 Å². The van der Waals surface area contributed by atoms with E-state index in [2.05, 4.69) is 34.6 Å². The Labute approximate surface area is 191 Å². The van der Waals surface area contributed by atoms with Crippen LogP contribution in [0.1, 0.15) is 43.8 Å². The van der Waals surface area contributed by atoms with Gasteiger partial charge in [-0.05, 0) is 43.2 Å². The summed E-state index contributed by atoms with van der Waals surface area (Å²) in [5.74, 6) is 1.18. The van der Waals surface area contributed by atoms with Crippen molar-refractivity contribution in [1.29, 1.82) is 0 Å². The molecule has 1 atom stereocenters. The Hall–Kier alpha value is -2.02. The van der Waals surface area contributed by atoms with Gasteiger partial charge in [0.25, 0.3) is 0 Å². The summed E-state index contributed by atoms with van der Waals surface area (Å²) < 4.78 is 1.90. The number of halogens is 2. The third kappa shape index (κ3) is 5.17. The van der Waals surface area contributed by atoms with Gasteiger partial charge in [0.05, 0.1) is 16.8 Å². The van der Waals surface area contributed by atoms with E-state index in [9.17, 15) is 4.79 Å². The van der Waals surface area contributed by atoms with E-state index < -0.39 is 0 Å². The molecule has 0 fully saturated rings. The summed E-state index contributed by atoms with van der Waals surface area (Å²) in [6, 6.07) is 13.2. The van der Waals surface area contributed by atoms with E-state index in [0.717, 1.165) is 11.4 Å². The zero-order valence-corrected chi connectivity index (χ0v) is 19.6. The van der Waals surface area contributed by atoms with E-state index in [4.69, 9.17) is 23.2 Å². The van der Waals surface area contributed by atoms with Crippen LogP contribution >= 0.6 is 35.0 Å². The highest BCUT2D eigenvalue weighted by atomic mass is 35.5. The highest BCUT2D eigenvalue weighted by molar-refractivity contribution is 7.98. The minimum absolute atomic E-state index is 0.0478. The van der Waals surface area contributed by atoms with Gasteiger partial charge in [-0.3, -0.25) is 9.36 Å². The van der Waals surface area contributed by atoms with Crippen LogP contribution in [0.2, 0.25) is 10.0 Å². The smallest absolute Gasteiger partial charge is 0.223 e. The van der Waals surface area contributed by atoms with Gasteiger partial charge in [-0.1, -0.05) is 73.1 Å². The quantitative estimate of drug-likeness (QED) is 0.436. The average Bonchev–Trinajstić information content (AvgIpc) is 3.11. The number of aryl methyl sites for hydroxylation is 1. The number of nitrogens with zero attached hydrogens (tertiary/aromatic N) is 3. The van der Waals surface area contributed by atoms with Crippen LogP contribution < -0.4 is 5.32 Å². The van der Waals surface area contributed by atoms with Crippen molar-refractivity contribution in [3.05, 3.63) is 69.5 Å². The second kappa shape index (κ2) is 9.86. The molecule has 8 heteroatoms. The van der Waals surface area contributed by atoms with Gasteiger partial charge < -0.3 is 5.32 Å². The molecule has 0 aliphatic carbocycles. The van der Waals surface area contributed by atoms with Gasteiger partial charge in [-0.2, -0.15) is 0 Å². The normalized spacial score (nSPS) is 12.2. The number of carbonyl (C=O) groups is 1. The number of hydrogen-bond donors (Lipinski definition) is 1. The van der Waals surface area contributed by atoms with E-state index in [-0.39, 0.29) is 17.9 Å². The molecule has 1 N–H and O–H groups in total. The second-order valence-electron chi connectivity index (χ2n) is 7.37. The summed E-state index contributed by atoms with van der Waals surface area (Å²) in [6.07, 6.45) is 0. The van der Waals surface area contributed by atoms with Gasteiger partial charge in [-0.25, -0.2) is 0 Å². The lowest BCUT2D eigenvalue weighted by Crippen LogP contribution is -2.31. The molecule has 1 unspecified atom stereocenters. The van der Waals surface area contributed by atoms with Crippen molar-refractivity contribution in [2.24, 2.45) is 5.92 Å². The number of hydrogen-bond acceptors (Lipinski definition) is 4. The van der Waals surface area contributed by atoms with Gasteiger partial charge in [0.15, 0.2) is 11.0 Å². The molecular formula is C22H24Cl2N4OS. The van der Waals surface area contributed by atoms with Crippen molar-refractivity contribution in [2.45, 2.75) is 44.6 Å². The molecule has 0 saturated heterocycles. The van der Waals surface area contributed by atoms with Crippen molar-refractivity contribution in [3.8, 4) is 5.69 Å². The molecule has 0 bridgehead atoms. The molecule has 1 aromatic heterocycles. The van der Waals surface area contributed by atoms with E-state index in [1.165, 1.54) is 11.1 Å². The van der Waals surface area contributed by atoms with E-state index in [1.807, 2.05) is 43.5 Å². The van der Waals surface area contributed by atoms with E-state index in [0.29, 0.717) is 21.0 Å². The van der Waals surface area contributed by atoms with Crippen molar-refractivity contribution in [1.82, 2.24) is 20.1 Å². The molecule has 3 aromatic rings. The average molecular weight is 463 g/mol. The summed E-state index contributed by atoms with van der Waals surface area (Å²) in [7, 11) is 0. The number of amides is 1. The van der Waals surface area contributed by atoms with Crippen LogP contribution in [0.5, 0.6) is 0 Å². The van der Waals surface area contributed by atoms with Crippen molar-refractivity contribution in [2.75, 3.05) is 0 Å². The SMILES string of the molecule is Cc1ccccc1CSc1nnc(C(C)NC(=O)C(C)C)n1-c1ccc(Cl)cc1Cl. The Morgan fingerprint density at radius 1 is 1.13 bits per heavy atom. The molecule has 0 radical (unpaired) electrons. The molecule has 0 saturated carbocycles. The van der Waals surface area contributed by atoms with Gasteiger partial charge in [0, 0.05) is 16.7 Å². The first-order valence-electron chi connectivity index (χ1n) is 9.66. The zero-order valence-electron chi connectivity index (χ0n) is 17.3. The number of carbonyl (C=O) groups excluding carboxylic acids is 1. The Morgan fingerprint density at radius 2 is 1.87 bits per heavy atom. The number of rotatable bonds is 7. The topological polar surface area (TPSA) is 59.8 Å².